The number of aliphatic hydroxyl groups is 4. The number of aliphatic hydroxyl groups excluding tert-OH is 4. The standard InChI is InChI=1S/C4H10O3.C4H10O2/c5-1-3-7-4-2-6;1-3(5)4(2)6/h5-6H,1-4H2;3-6H,1-2H3. The Bertz CT molecular complexity index is 74.6. The molecular weight excluding hydrogens is 176 g/mol. The highest BCUT2D eigenvalue weighted by Gasteiger charge is 1.99. The Balaban J connectivity index is 0. The molecule has 82 valence electrons. The Morgan fingerprint density at radius 1 is 0.923 bits per heavy atom. The molecule has 0 heterocycles. The van der Waals surface area contributed by atoms with Gasteiger partial charge in [0, 0.05) is 0 Å². The highest BCUT2D eigenvalue weighted by molar-refractivity contribution is 4.50. The quantitative estimate of drug-likeness (QED) is 0.412. The molecule has 5 heteroatoms. The lowest BCUT2D eigenvalue weighted by molar-refractivity contribution is 0.0438. The molecule has 0 aliphatic heterocycles. The van der Waals surface area contributed by atoms with Crippen LogP contribution in [0.15, 0.2) is 0 Å². The van der Waals surface area contributed by atoms with Crippen LogP contribution in [-0.2, 0) is 4.74 Å². The minimum absolute atomic E-state index is 0.0278. The number of rotatable bonds is 5. The summed E-state index contributed by atoms with van der Waals surface area (Å²) in [5, 5.41) is 32.9. The Labute approximate surface area is 78.6 Å². The van der Waals surface area contributed by atoms with Crippen LogP contribution in [-0.4, -0.2) is 59.1 Å². The predicted octanol–water partition coefficient (Wildman–Crippen LogP) is -1.26. The monoisotopic (exact) mass is 196 g/mol. The van der Waals surface area contributed by atoms with Crippen molar-refractivity contribution in [3.8, 4) is 0 Å². The van der Waals surface area contributed by atoms with Gasteiger partial charge >= 0.3 is 0 Å². The van der Waals surface area contributed by atoms with Gasteiger partial charge in [-0.25, -0.2) is 0 Å². The first kappa shape index (κ1) is 15.3. The van der Waals surface area contributed by atoms with Crippen molar-refractivity contribution in [3.05, 3.63) is 0 Å². The lowest BCUT2D eigenvalue weighted by atomic mass is 10.3. The number of hydrogen-bond acceptors (Lipinski definition) is 5. The van der Waals surface area contributed by atoms with Crippen molar-refractivity contribution in [3.63, 3.8) is 0 Å². The van der Waals surface area contributed by atoms with E-state index in [-0.39, 0.29) is 13.2 Å². The lowest BCUT2D eigenvalue weighted by Crippen LogP contribution is -2.17. The van der Waals surface area contributed by atoms with Gasteiger partial charge in [0.15, 0.2) is 0 Å². The Kier molecular flexibility index (Phi) is 13.9. The first-order chi connectivity index (χ1) is 6.06. The molecule has 0 radical (unpaired) electrons. The summed E-state index contributed by atoms with van der Waals surface area (Å²) in [6.45, 7) is 3.79. The lowest BCUT2D eigenvalue weighted by Gasteiger charge is -2.03. The Hall–Kier alpha value is -0.200. The van der Waals surface area contributed by atoms with Gasteiger partial charge in [-0.15, -0.1) is 0 Å². The number of ether oxygens (including phenoxy) is 1. The largest absolute Gasteiger partial charge is 0.394 e. The van der Waals surface area contributed by atoms with E-state index in [1.165, 1.54) is 0 Å². The molecule has 0 bridgehead atoms. The molecule has 4 N–H and O–H groups in total. The van der Waals surface area contributed by atoms with Crippen molar-refractivity contribution in [2.75, 3.05) is 26.4 Å². The summed E-state index contributed by atoms with van der Waals surface area (Å²) in [5.41, 5.74) is 0. The van der Waals surface area contributed by atoms with Crippen LogP contribution < -0.4 is 0 Å². The van der Waals surface area contributed by atoms with Crippen LogP contribution in [0.4, 0.5) is 0 Å². The maximum Gasteiger partial charge on any atom is 0.0768 e. The van der Waals surface area contributed by atoms with E-state index >= 15 is 0 Å². The molecule has 0 amide bonds. The Morgan fingerprint density at radius 3 is 1.38 bits per heavy atom. The molecule has 2 unspecified atom stereocenters. The van der Waals surface area contributed by atoms with Gasteiger partial charge in [0.05, 0.1) is 38.6 Å². The van der Waals surface area contributed by atoms with Gasteiger partial charge in [-0.05, 0) is 13.8 Å². The second-order valence-electron chi connectivity index (χ2n) is 2.54. The average molecular weight is 196 g/mol. The zero-order valence-corrected chi connectivity index (χ0v) is 8.18. The zero-order valence-electron chi connectivity index (χ0n) is 8.18. The summed E-state index contributed by atoms with van der Waals surface area (Å²) < 4.78 is 4.63. The summed E-state index contributed by atoms with van der Waals surface area (Å²) in [5.74, 6) is 0. The van der Waals surface area contributed by atoms with E-state index < -0.39 is 12.2 Å². The molecule has 0 aromatic carbocycles. The van der Waals surface area contributed by atoms with Crippen LogP contribution in [0.3, 0.4) is 0 Å². The molecule has 0 aromatic rings. The predicted molar refractivity (Wildman–Crippen MR) is 48.4 cm³/mol. The Morgan fingerprint density at radius 2 is 1.23 bits per heavy atom. The van der Waals surface area contributed by atoms with Crippen LogP contribution >= 0.6 is 0 Å². The van der Waals surface area contributed by atoms with Crippen LogP contribution in [0, 0.1) is 0 Å². The van der Waals surface area contributed by atoms with E-state index in [0.717, 1.165) is 0 Å². The zero-order chi connectivity index (χ0) is 10.7. The fourth-order valence-corrected chi connectivity index (χ4v) is 0.231. The molecule has 0 saturated carbocycles. The third-order valence-corrected chi connectivity index (χ3v) is 1.17. The van der Waals surface area contributed by atoms with Crippen molar-refractivity contribution in [2.24, 2.45) is 0 Å². The SMILES string of the molecule is CC(O)C(C)O.OCCOCCO. The maximum atomic E-state index is 8.38. The van der Waals surface area contributed by atoms with E-state index in [1.807, 2.05) is 0 Å². The number of hydrogen-bond donors (Lipinski definition) is 4. The summed E-state index contributed by atoms with van der Waals surface area (Å²) in [6.07, 6.45) is -1.19. The molecule has 0 saturated heterocycles. The van der Waals surface area contributed by atoms with Crippen molar-refractivity contribution in [1.82, 2.24) is 0 Å². The molecule has 0 fully saturated rings. The van der Waals surface area contributed by atoms with Crippen LogP contribution in [0.1, 0.15) is 13.8 Å². The normalized spacial score (nSPS) is 14.3. The second kappa shape index (κ2) is 11.8. The van der Waals surface area contributed by atoms with Gasteiger partial charge < -0.3 is 25.2 Å². The molecule has 2 atom stereocenters. The van der Waals surface area contributed by atoms with E-state index in [9.17, 15) is 0 Å². The van der Waals surface area contributed by atoms with Gasteiger partial charge in [-0.1, -0.05) is 0 Å². The third kappa shape index (κ3) is 18.6. The van der Waals surface area contributed by atoms with Gasteiger partial charge in [-0.2, -0.15) is 0 Å². The molecule has 13 heavy (non-hydrogen) atoms. The molecular formula is C8H20O5. The van der Waals surface area contributed by atoms with E-state index in [0.29, 0.717) is 13.2 Å². The van der Waals surface area contributed by atoms with E-state index in [2.05, 4.69) is 4.74 Å². The fourth-order valence-electron chi connectivity index (χ4n) is 0.231. The minimum Gasteiger partial charge on any atom is -0.394 e. The summed E-state index contributed by atoms with van der Waals surface area (Å²) in [6, 6.07) is 0. The molecule has 0 aliphatic carbocycles. The van der Waals surface area contributed by atoms with Crippen LogP contribution in [0.25, 0.3) is 0 Å². The topological polar surface area (TPSA) is 90.2 Å². The first-order valence-corrected chi connectivity index (χ1v) is 4.21. The average Bonchev–Trinajstić information content (AvgIpc) is 2.06. The summed E-state index contributed by atoms with van der Waals surface area (Å²) >= 11 is 0. The van der Waals surface area contributed by atoms with Gasteiger partial charge in [0.25, 0.3) is 0 Å². The van der Waals surface area contributed by atoms with Gasteiger partial charge in [-0.3, -0.25) is 0 Å². The van der Waals surface area contributed by atoms with E-state index in [1.54, 1.807) is 13.8 Å². The summed E-state index contributed by atoms with van der Waals surface area (Å²) in [4.78, 5) is 0. The third-order valence-electron chi connectivity index (χ3n) is 1.17. The van der Waals surface area contributed by atoms with Gasteiger partial charge in [0.2, 0.25) is 0 Å². The highest BCUT2D eigenvalue weighted by atomic mass is 16.5. The molecule has 0 spiro atoms. The smallest absolute Gasteiger partial charge is 0.0768 e. The summed E-state index contributed by atoms with van der Waals surface area (Å²) in [7, 11) is 0. The first-order valence-electron chi connectivity index (χ1n) is 4.21. The fraction of sp³-hybridized carbons (Fsp3) is 1.00. The van der Waals surface area contributed by atoms with Crippen molar-refractivity contribution < 1.29 is 25.2 Å². The molecule has 0 aromatic heterocycles. The van der Waals surface area contributed by atoms with Crippen molar-refractivity contribution in [2.45, 2.75) is 26.1 Å². The minimum atomic E-state index is -0.593. The van der Waals surface area contributed by atoms with Crippen LogP contribution in [0.5, 0.6) is 0 Å². The highest BCUT2D eigenvalue weighted by Crippen LogP contribution is 1.85. The maximum absolute atomic E-state index is 8.38. The van der Waals surface area contributed by atoms with E-state index in [4.69, 9.17) is 20.4 Å². The molecule has 5 nitrogen and oxygen atoms in total. The van der Waals surface area contributed by atoms with Crippen molar-refractivity contribution >= 4 is 0 Å². The van der Waals surface area contributed by atoms with Crippen molar-refractivity contribution in [1.29, 1.82) is 0 Å². The van der Waals surface area contributed by atoms with Crippen LogP contribution in [0.2, 0.25) is 0 Å². The molecule has 0 rings (SSSR count). The second-order valence-corrected chi connectivity index (χ2v) is 2.54. The molecule has 0 aliphatic rings. The van der Waals surface area contributed by atoms with Gasteiger partial charge in [0.1, 0.15) is 0 Å².